The molecule has 194 valence electrons. The highest BCUT2D eigenvalue weighted by Gasteiger charge is 2.37. The van der Waals surface area contributed by atoms with E-state index in [0.29, 0.717) is 32.8 Å². The quantitative estimate of drug-likeness (QED) is 0.139. The number of carbonyl (C=O) groups excluding carboxylic acids is 3. The summed E-state index contributed by atoms with van der Waals surface area (Å²) in [5.41, 5.74) is 1.73. The maximum atomic E-state index is 13.6. The number of benzene rings is 4. The lowest BCUT2D eigenvalue weighted by Crippen LogP contribution is -2.54. The van der Waals surface area contributed by atoms with Crippen molar-refractivity contribution >= 4 is 57.7 Å². The summed E-state index contributed by atoms with van der Waals surface area (Å²) in [6, 6.07) is 20.8. The van der Waals surface area contributed by atoms with Gasteiger partial charge in [-0.2, -0.15) is 0 Å². The van der Waals surface area contributed by atoms with Crippen LogP contribution in [-0.2, 0) is 16.2 Å². The number of halogens is 1. The van der Waals surface area contributed by atoms with Crippen molar-refractivity contribution in [1.29, 1.82) is 0 Å². The van der Waals surface area contributed by atoms with Gasteiger partial charge < -0.3 is 4.74 Å². The molecule has 4 aromatic carbocycles. The topological polar surface area (TPSA) is 119 Å². The summed E-state index contributed by atoms with van der Waals surface area (Å²) in [6.07, 6.45) is 1.41. The third-order valence-electron chi connectivity index (χ3n) is 6.27. The summed E-state index contributed by atoms with van der Waals surface area (Å²) in [7, 11) is 0. The average molecular weight is 542 g/mol. The van der Waals surface area contributed by atoms with Crippen LogP contribution >= 0.6 is 11.6 Å². The molecule has 0 spiro atoms. The number of ether oxygens (including phenoxy) is 1. The van der Waals surface area contributed by atoms with E-state index in [1.54, 1.807) is 37.3 Å². The monoisotopic (exact) mass is 541 g/mol. The third kappa shape index (κ3) is 5.07. The lowest BCUT2D eigenvalue weighted by molar-refractivity contribution is -0.384. The zero-order valence-corrected chi connectivity index (χ0v) is 21.3. The highest BCUT2D eigenvalue weighted by Crippen LogP contribution is 2.33. The number of hydrogen-bond donors (Lipinski definition) is 1. The minimum Gasteiger partial charge on any atom is -0.488 e. The molecule has 0 atom stereocenters. The molecule has 1 aliphatic heterocycles. The van der Waals surface area contributed by atoms with Crippen LogP contribution in [0.3, 0.4) is 0 Å². The van der Waals surface area contributed by atoms with Crippen LogP contribution in [0.25, 0.3) is 16.8 Å². The number of nitro groups is 1. The number of nitrogens with zero attached hydrogens (tertiary/aromatic N) is 2. The number of fused-ring (bicyclic) bond motifs is 1. The Morgan fingerprint density at radius 3 is 2.49 bits per heavy atom. The van der Waals surface area contributed by atoms with Gasteiger partial charge in [-0.1, -0.05) is 48.0 Å². The largest absolute Gasteiger partial charge is 0.488 e. The number of barbiturate groups is 1. The van der Waals surface area contributed by atoms with Gasteiger partial charge in [-0.3, -0.25) is 25.0 Å². The van der Waals surface area contributed by atoms with Crippen molar-refractivity contribution in [3.63, 3.8) is 0 Å². The summed E-state index contributed by atoms with van der Waals surface area (Å²) >= 11 is 6.12. The van der Waals surface area contributed by atoms with Gasteiger partial charge in [-0.25, -0.2) is 9.69 Å². The third-order valence-corrected chi connectivity index (χ3v) is 6.51. The summed E-state index contributed by atoms with van der Waals surface area (Å²) in [5.74, 6) is -1.26. The Morgan fingerprint density at radius 2 is 1.74 bits per heavy atom. The van der Waals surface area contributed by atoms with Crippen LogP contribution in [0.5, 0.6) is 5.75 Å². The van der Waals surface area contributed by atoms with Crippen molar-refractivity contribution in [3.05, 3.63) is 116 Å². The maximum absolute atomic E-state index is 13.6. The minimum atomic E-state index is -0.875. The van der Waals surface area contributed by atoms with Crippen molar-refractivity contribution in [2.45, 2.75) is 13.5 Å². The standard InChI is InChI=1S/C29H20ClN3O6/c1-17-6-10-20(30)14-25(17)32-28(35)24(27(34)31-29(32)36)15-23-22-5-3-2-4-19(22)9-13-26(23)39-16-18-7-11-21(12-8-18)33(37)38/h2-15H,16H2,1H3,(H,31,34,36)/b24-15+. The molecule has 1 N–H and O–H groups in total. The smallest absolute Gasteiger partial charge is 0.335 e. The van der Waals surface area contributed by atoms with E-state index in [1.807, 2.05) is 30.3 Å². The van der Waals surface area contributed by atoms with Crippen LogP contribution in [0.4, 0.5) is 16.2 Å². The zero-order valence-electron chi connectivity index (χ0n) is 20.5. The first kappa shape index (κ1) is 25.6. The highest BCUT2D eigenvalue weighted by molar-refractivity contribution is 6.40. The fraction of sp³-hybridized carbons (Fsp3) is 0.0690. The molecule has 10 heteroatoms. The van der Waals surface area contributed by atoms with Gasteiger partial charge in [0.1, 0.15) is 17.9 Å². The number of anilines is 1. The molecule has 1 saturated heterocycles. The minimum absolute atomic E-state index is 0.0363. The number of carbonyl (C=O) groups is 3. The molecule has 0 bridgehead atoms. The predicted octanol–water partition coefficient (Wildman–Crippen LogP) is 5.96. The summed E-state index contributed by atoms with van der Waals surface area (Å²) in [6.45, 7) is 1.81. The number of nitrogens with one attached hydrogen (secondary N) is 1. The lowest BCUT2D eigenvalue weighted by Gasteiger charge is -2.28. The fourth-order valence-electron chi connectivity index (χ4n) is 4.27. The van der Waals surface area contributed by atoms with Gasteiger partial charge in [-0.05, 0) is 65.2 Å². The highest BCUT2D eigenvalue weighted by atomic mass is 35.5. The van der Waals surface area contributed by atoms with E-state index in [0.717, 1.165) is 10.3 Å². The normalized spacial score (nSPS) is 14.6. The number of aryl methyl sites for hydroxylation is 1. The maximum Gasteiger partial charge on any atom is 0.335 e. The van der Waals surface area contributed by atoms with Gasteiger partial charge in [0.2, 0.25) is 0 Å². The Bertz CT molecular complexity index is 1700. The second kappa shape index (κ2) is 10.4. The van der Waals surface area contributed by atoms with E-state index in [-0.39, 0.29) is 23.6 Å². The van der Waals surface area contributed by atoms with Crippen molar-refractivity contribution in [2.75, 3.05) is 4.90 Å². The molecule has 0 saturated carbocycles. The predicted molar refractivity (Wildman–Crippen MR) is 147 cm³/mol. The summed E-state index contributed by atoms with van der Waals surface area (Å²) in [5, 5.41) is 15.1. The number of amides is 4. The molecular formula is C29H20ClN3O6. The number of non-ortho nitro benzene ring substituents is 1. The number of urea groups is 1. The Labute approximate surface area is 227 Å². The molecule has 1 aliphatic rings. The van der Waals surface area contributed by atoms with Crippen LogP contribution in [0.2, 0.25) is 5.02 Å². The van der Waals surface area contributed by atoms with Gasteiger partial charge >= 0.3 is 6.03 Å². The van der Waals surface area contributed by atoms with Crippen molar-refractivity contribution in [2.24, 2.45) is 0 Å². The van der Waals surface area contributed by atoms with Gasteiger partial charge in [-0.15, -0.1) is 0 Å². The Kier molecular flexibility index (Phi) is 6.83. The van der Waals surface area contributed by atoms with E-state index < -0.39 is 22.8 Å². The molecule has 0 unspecified atom stereocenters. The van der Waals surface area contributed by atoms with Gasteiger partial charge in [0.15, 0.2) is 0 Å². The second-order valence-electron chi connectivity index (χ2n) is 8.80. The van der Waals surface area contributed by atoms with Gasteiger partial charge in [0, 0.05) is 22.7 Å². The first-order valence-electron chi connectivity index (χ1n) is 11.8. The van der Waals surface area contributed by atoms with Crippen molar-refractivity contribution in [1.82, 2.24) is 5.32 Å². The molecule has 1 heterocycles. The molecule has 5 rings (SSSR count). The van der Waals surface area contributed by atoms with Crippen molar-refractivity contribution in [3.8, 4) is 5.75 Å². The fourth-order valence-corrected chi connectivity index (χ4v) is 4.44. The second-order valence-corrected chi connectivity index (χ2v) is 9.24. The molecule has 9 nitrogen and oxygen atoms in total. The van der Waals surface area contributed by atoms with Crippen LogP contribution in [0.1, 0.15) is 16.7 Å². The number of rotatable bonds is 6. The van der Waals surface area contributed by atoms with E-state index in [1.165, 1.54) is 24.3 Å². The van der Waals surface area contributed by atoms with E-state index in [2.05, 4.69) is 5.32 Å². The molecule has 4 aromatic rings. The van der Waals surface area contributed by atoms with Crippen LogP contribution in [0.15, 0.2) is 84.4 Å². The molecule has 4 amide bonds. The van der Waals surface area contributed by atoms with E-state index in [4.69, 9.17) is 16.3 Å². The molecule has 0 aliphatic carbocycles. The van der Waals surface area contributed by atoms with E-state index in [9.17, 15) is 24.5 Å². The number of imide groups is 2. The number of nitro benzene ring substituents is 1. The molecule has 39 heavy (non-hydrogen) atoms. The SMILES string of the molecule is Cc1ccc(Cl)cc1N1C(=O)NC(=O)/C(=C\c2c(OCc3ccc([N+](=O)[O-])cc3)ccc3ccccc23)C1=O. The Balaban J connectivity index is 1.56. The first-order chi connectivity index (χ1) is 18.7. The zero-order chi connectivity index (χ0) is 27.7. The average Bonchev–Trinajstić information content (AvgIpc) is 2.92. The van der Waals surface area contributed by atoms with Crippen molar-refractivity contribution < 1.29 is 24.0 Å². The molecule has 0 aromatic heterocycles. The molecule has 0 radical (unpaired) electrons. The Hall–Kier alpha value is -5.02. The van der Waals surface area contributed by atoms with Crippen LogP contribution in [0, 0.1) is 17.0 Å². The molecular weight excluding hydrogens is 522 g/mol. The first-order valence-corrected chi connectivity index (χ1v) is 12.2. The lowest BCUT2D eigenvalue weighted by atomic mass is 9.99. The van der Waals surface area contributed by atoms with Gasteiger partial charge in [0.25, 0.3) is 17.5 Å². The Morgan fingerprint density at radius 1 is 1.00 bits per heavy atom. The van der Waals surface area contributed by atoms with E-state index >= 15 is 0 Å². The number of hydrogen-bond acceptors (Lipinski definition) is 6. The van der Waals surface area contributed by atoms with Gasteiger partial charge in [0.05, 0.1) is 10.6 Å². The summed E-state index contributed by atoms with van der Waals surface area (Å²) < 4.78 is 6.06. The van der Waals surface area contributed by atoms with Crippen LogP contribution in [-0.4, -0.2) is 22.8 Å². The van der Waals surface area contributed by atoms with Crippen LogP contribution < -0.4 is 15.0 Å². The summed E-state index contributed by atoms with van der Waals surface area (Å²) in [4.78, 5) is 50.5. The molecule has 1 fully saturated rings.